The molecule has 7 nitrogen and oxygen atoms in total. The molecule has 0 amide bonds. The van der Waals surface area contributed by atoms with Crippen LogP contribution in [0.25, 0.3) is 0 Å². The molecule has 0 aliphatic carbocycles. The minimum absolute atomic E-state index is 0.0685. The number of rotatable bonds is 9. The number of alkyl halides is 2. The molecule has 2 N–H and O–H groups in total. The van der Waals surface area contributed by atoms with Crippen molar-refractivity contribution in [2.75, 3.05) is 36.0 Å². The van der Waals surface area contributed by atoms with Crippen molar-refractivity contribution in [2.24, 2.45) is 0 Å². The average molecular weight is 395 g/mol. The highest BCUT2D eigenvalue weighted by Crippen LogP contribution is 2.19. The summed E-state index contributed by atoms with van der Waals surface area (Å²) in [4.78, 5) is 7.68. The van der Waals surface area contributed by atoms with Gasteiger partial charge >= 0.3 is 0 Å². The molecule has 0 spiro atoms. The summed E-state index contributed by atoms with van der Waals surface area (Å²) >= 11 is 0. The first kappa shape index (κ1) is 20.7. The Morgan fingerprint density at radius 3 is 2.65 bits per heavy atom. The number of nitrogens with zero attached hydrogens (tertiary/aromatic N) is 3. The van der Waals surface area contributed by atoms with Crippen LogP contribution in [0.15, 0.2) is 6.20 Å². The van der Waals surface area contributed by atoms with Crippen molar-refractivity contribution in [3.05, 3.63) is 12.0 Å². The second-order valence-electron chi connectivity index (χ2n) is 6.15. The topological polar surface area (TPSA) is 87.2 Å². The molecule has 1 saturated heterocycles. The highest BCUT2D eigenvalue weighted by Gasteiger charge is 2.27. The van der Waals surface area contributed by atoms with E-state index in [1.54, 1.807) is 0 Å². The van der Waals surface area contributed by atoms with E-state index < -0.39 is 28.8 Å². The molecule has 1 aliphatic heterocycles. The summed E-state index contributed by atoms with van der Waals surface area (Å²) in [6, 6.07) is -0.0685. The predicted octanol–water partition coefficient (Wildman–Crippen LogP) is 2.30. The molecule has 26 heavy (non-hydrogen) atoms. The standard InChI is InChI=1S/C15H24F3N5O2S/c1-2-3-8-26(24,25)23-6-4-11(5-7-23)21-15-20-9-12(16)14(22-15)19-10-13(17)18/h9,11,13H,2-8,10H2,1H3,(H2,19,20,21,22). The molecular weight excluding hydrogens is 371 g/mol. The van der Waals surface area contributed by atoms with Crippen LogP contribution in [0, 0.1) is 5.82 Å². The maximum atomic E-state index is 13.5. The van der Waals surface area contributed by atoms with E-state index in [0.717, 1.165) is 12.6 Å². The molecule has 1 fully saturated rings. The van der Waals surface area contributed by atoms with E-state index in [1.807, 2.05) is 6.92 Å². The predicted molar refractivity (Wildman–Crippen MR) is 93.4 cm³/mol. The van der Waals surface area contributed by atoms with Crippen LogP contribution in [0.5, 0.6) is 0 Å². The first-order chi connectivity index (χ1) is 12.3. The van der Waals surface area contributed by atoms with Crippen molar-refractivity contribution >= 4 is 21.8 Å². The van der Waals surface area contributed by atoms with Crippen LogP contribution >= 0.6 is 0 Å². The van der Waals surface area contributed by atoms with Gasteiger partial charge in [-0.05, 0) is 19.3 Å². The Hall–Kier alpha value is -1.62. The fourth-order valence-electron chi connectivity index (χ4n) is 2.65. The van der Waals surface area contributed by atoms with Gasteiger partial charge in [0.25, 0.3) is 6.43 Å². The lowest BCUT2D eigenvalue weighted by atomic mass is 10.1. The molecule has 1 aromatic heterocycles. The molecule has 148 valence electrons. The number of unbranched alkanes of at least 4 members (excludes halogenated alkanes) is 1. The lowest BCUT2D eigenvalue weighted by Crippen LogP contribution is -2.43. The summed E-state index contributed by atoms with van der Waals surface area (Å²) in [5.74, 6) is -0.826. The zero-order valence-corrected chi connectivity index (χ0v) is 15.4. The van der Waals surface area contributed by atoms with E-state index in [2.05, 4.69) is 20.6 Å². The van der Waals surface area contributed by atoms with Gasteiger partial charge in [-0.25, -0.2) is 30.9 Å². The van der Waals surface area contributed by atoms with Gasteiger partial charge in [-0.2, -0.15) is 4.98 Å². The molecule has 0 unspecified atom stereocenters. The summed E-state index contributed by atoms with van der Waals surface area (Å²) in [6.45, 7) is 2.02. The third-order valence-corrected chi connectivity index (χ3v) is 6.06. The summed E-state index contributed by atoms with van der Waals surface area (Å²) in [5, 5.41) is 5.25. The van der Waals surface area contributed by atoms with Gasteiger partial charge in [0, 0.05) is 19.1 Å². The van der Waals surface area contributed by atoms with Crippen LogP contribution in [0.2, 0.25) is 0 Å². The number of sulfonamides is 1. The van der Waals surface area contributed by atoms with Gasteiger partial charge in [0.15, 0.2) is 11.6 Å². The van der Waals surface area contributed by atoms with Crippen molar-refractivity contribution in [3.8, 4) is 0 Å². The molecule has 0 bridgehead atoms. The summed E-state index contributed by atoms with van der Waals surface area (Å²) < 4.78 is 63.9. The molecule has 2 heterocycles. The Labute approximate surface area is 151 Å². The van der Waals surface area contributed by atoms with Gasteiger partial charge in [0.1, 0.15) is 0 Å². The van der Waals surface area contributed by atoms with Gasteiger partial charge in [0.2, 0.25) is 16.0 Å². The first-order valence-electron chi connectivity index (χ1n) is 8.60. The Morgan fingerprint density at radius 2 is 2.04 bits per heavy atom. The van der Waals surface area contributed by atoms with E-state index >= 15 is 0 Å². The van der Waals surface area contributed by atoms with E-state index in [9.17, 15) is 21.6 Å². The molecule has 11 heteroatoms. The van der Waals surface area contributed by atoms with Crippen LogP contribution in [0.3, 0.4) is 0 Å². The van der Waals surface area contributed by atoms with E-state index in [0.29, 0.717) is 32.4 Å². The number of nitrogens with one attached hydrogen (secondary N) is 2. The van der Waals surface area contributed by atoms with Crippen molar-refractivity contribution < 1.29 is 21.6 Å². The quantitative estimate of drug-likeness (QED) is 0.667. The average Bonchev–Trinajstić information content (AvgIpc) is 2.61. The molecule has 1 aliphatic rings. The van der Waals surface area contributed by atoms with Crippen molar-refractivity contribution in [1.82, 2.24) is 14.3 Å². The molecule has 0 radical (unpaired) electrons. The zero-order valence-electron chi connectivity index (χ0n) is 14.6. The molecule has 2 rings (SSSR count). The number of hydrogen-bond donors (Lipinski definition) is 2. The number of piperidine rings is 1. The lowest BCUT2D eigenvalue weighted by Gasteiger charge is -2.31. The normalized spacial score (nSPS) is 16.8. The number of halogens is 3. The minimum Gasteiger partial charge on any atom is -0.362 e. The highest BCUT2D eigenvalue weighted by molar-refractivity contribution is 7.89. The Morgan fingerprint density at radius 1 is 1.35 bits per heavy atom. The van der Waals surface area contributed by atoms with Gasteiger partial charge < -0.3 is 10.6 Å². The zero-order chi connectivity index (χ0) is 19.2. The summed E-state index contributed by atoms with van der Waals surface area (Å²) in [7, 11) is -3.23. The van der Waals surface area contributed by atoms with E-state index in [-0.39, 0.29) is 23.6 Å². The molecule has 1 aromatic rings. The lowest BCUT2D eigenvalue weighted by molar-refractivity contribution is 0.163. The van der Waals surface area contributed by atoms with Crippen LogP contribution < -0.4 is 10.6 Å². The Balaban J connectivity index is 1.90. The summed E-state index contributed by atoms with van der Waals surface area (Å²) in [6.07, 6.45) is 0.866. The number of aromatic nitrogens is 2. The second-order valence-corrected chi connectivity index (χ2v) is 8.24. The van der Waals surface area contributed by atoms with Crippen LogP contribution in [0.4, 0.5) is 24.9 Å². The summed E-state index contributed by atoms with van der Waals surface area (Å²) in [5.41, 5.74) is 0. The maximum Gasteiger partial charge on any atom is 0.255 e. The highest BCUT2D eigenvalue weighted by atomic mass is 32.2. The van der Waals surface area contributed by atoms with Gasteiger partial charge in [0.05, 0.1) is 18.5 Å². The molecule has 0 atom stereocenters. The maximum absolute atomic E-state index is 13.5. The minimum atomic E-state index is -3.23. The van der Waals surface area contributed by atoms with Crippen LogP contribution in [0.1, 0.15) is 32.6 Å². The molecular formula is C15H24F3N5O2S. The van der Waals surface area contributed by atoms with Crippen molar-refractivity contribution in [1.29, 1.82) is 0 Å². The largest absolute Gasteiger partial charge is 0.362 e. The van der Waals surface area contributed by atoms with Crippen molar-refractivity contribution in [3.63, 3.8) is 0 Å². The number of hydrogen-bond acceptors (Lipinski definition) is 6. The Bertz CT molecular complexity index is 682. The van der Waals surface area contributed by atoms with Gasteiger partial charge in [-0.1, -0.05) is 13.3 Å². The molecule has 0 saturated carbocycles. The molecule has 0 aromatic carbocycles. The Kier molecular flexibility index (Phi) is 7.44. The van der Waals surface area contributed by atoms with Crippen molar-refractivity contribution in [2.45, 2.75) is 45.1 Å². The first-order valence-corrected chi connectivity index (χ1v) is 10.2. The van der Waals surface area contributed by atoms with E-state index in [1.165, 1.54) is 4.31 Å². The van der Waals surface area contributed by atoms with E-state index in [4.69, 9.17) is 0 Å². The third kappa shape index (κ3) is 5.97. The monoisotopic (exact) mass is 395 g/mol. The smallest absolute Gasteiger partial charge is 0.255 e. The van der Waals surface area contributed by atoms with Gasteiger partial charge in [-0.15, -0.1) is 0 Å². The van der Waals surface area contributed by atoms with Crippen LogP contribution in [-0.4, -0.2) is 60.5 Å². The number of anilines is 2. The second kappa shape index (κ2) is 9.36. The van der Waals surface area contributed by atoms with Gasteiger partial charge in [-0.3, -0.25) is 0 Å². The third-order valence-electron chi connectivity index (χ3n) is 4.10. The van der Waals surface area contributed by atoms with Crippen LogP contribution in [-0.2, 0) is 10.0 Å². The fourth-order valence-corrected chi connectivity index (χ4v) is 4.33. The fraction of sp³-hybridized carbons (Fsp3) is 0.733. The SMILES string of the molecule is CCCCS(=O)(=O)N1CCC(Nc2ncc(F)c(NCC(F)F)n2)CC1.